The zero-order chi connectivity index (χ0) is 15.1. The number of ether oxygens (including phenoxy) is 4. The first kappa shape index (κ1) is 16.0. The maximum absolute atomic E-state index is 11.5. The fraction of sp³-hybridized carbons (Fsp3) is 0.385. The van der Waals surface area contributed by atoms with Crippen molar-refractivity contribution in [3.8, 4) is 17.2 Å². The third-order valence-corrected chi connectivity index (χ3v) is 2.65. The first-order valence-corrected chi connectivity index (χ1v) is 6.26. The zero-order valence-corrected chi connectivity index (χ0v) is 12.6. The molecule has 20 heavy (non-hydrogen) atoms. The van der Waals surface area contributed by atoms with Gasteiger partial charge in [-0.1, -0.05) is 12.2 Å². The zero-order valence-electron chi connectivity index (χ0n) is 11.8. The lowest BCUT2D eigenvalue weighted by molar-refractivity contribution is -0.134. The van der Waals surface area contributed by atoms with Crippen molar-refractivity contribution in [3.05, 3.63) is 12.1 Å². The molecule has 0 spiro atoms. The highest BCUT2D eigenvalue weighted by molar-refractivity contribution is 7.82. The van der Waals surface area contributed by atoms with Crippen LogP contribution in [-0.2, 0) is 9.53 Å². The molecule has 0 fully saturated rings. The molecule has 0 saturated carbocycles. The van der Waals surface area contributed by atoms with Crippen LogP contribution in [0.25, 0.3) is 0 Å². The summed E-state index contributed by atoms with van der Waals surface area (Å²) in [6.07, 6.45) is 0. The number of hydrogen-bond acceptors (Lipinski definition) is 6. The summed E-state index contributed by atoms with van der Waals surface area (Å²) in [6, 6.07) is 3.29. The van der Waals surface area contributed by atoms with Crippen LogP contribution >= 0.6 is 12.2 Å². The van der Waals surface area contributed by atoms with Gasteiger partial charge in [-0.15, -0.1) is 0 Å². The van der Waals surface area contributed by atoms with Gasteiger partial charge in [-0.25, -0.2) is 4.79 Å². The van der Waals surface area contributed by atoms with Gasteiger partial charge in [0.1, 0.15) is 0 Å². The van der Waals surface area contributed by atoms with Crippen LogP contribution in [0, 0.1) is 0 Å². The fourth-order valence-corrected chi connectivity index (χ4v) is 1.71. The van der Waals surface area contributed by atoms with E-state index in [1.54, 1.807) is 19.1 Å². The highest BCUT2D eigenvalue weighted by atomic mass is 32.1. The second-order valence-corrected chi connectivity index (χ2v) is 4.00. The van der Waals surface area contributed by atoms with Crippen molar-refractivity contribution in [2.24, 2.45) is 0 Å². The van der Waals surface area contributed by atoms with Gasteiger partial charge in [-0.05, 0) is 6.92 Å². The van der Waals surface area contributed by atoms with Gasteiger partial charge in [-0.2, -0.15) is 0 Å². The lowest BCUT2D eigenvalue weighted by atomic mass is 10.2. The van der Waals surface area contributed by atoms with Crippen LogP contribution in [-0.4, -0.2) is 38.9 Å². The van der Waals surface area contributed by atoms with Gasteiger partial charge in [0.25, 0.3) is 0 Å². The second kappa shape index (κ2) is 7.54. The molecule has 7 heteroatoms. The lowest BCUT2D eigenvalue weighted by Gasteiger charge is -2.15. The number of carbonyl (C=O) groups excluding carboxylic acids is 1. The number of carbonyl (C=O) groups is 1. The SMILES string of the molecule is CCOC(=O)C(=S)Nc1cc(OC)c(OC)c(OC)c1. The Kier molecular flexibility index (Phi) is 6.05. The van der Waals surface area contributed by atoms with Crippen LogP contribution in [0.1, 0.15) is 6.92 Å². The normalized spacial score (nSPS) is 9.60. The van der Waals surface area contributed by atoms with Crippen molar-refractivity contribution in [1.29, 1.82) is 0 Å². The quantitative estimate of drug-likeness (QED) is 0.659. The molecule has 6 nitrogen and oxygen atoms in total. The molecule has 0 bridgehead atoms. The van der Waals surface area contributed by atoms with Crippen LogP contribution in [0.15, 0.2) is 12.1 Å². The monoisotopic (exact) mass is 299 g/mol. The number of methoxy groups -OCH3 is 3. The van der Waals surface area contributed by atoms with Gasteiger partial charge in [-0.3, -0.25) is 0 Å². The van der Waals surface area contributed by atoms with Crippen LogP contribution in [0.3, 0.4) is 0 Å². The summed E-state index contributed by atoms with van der Waals surface area (Å²) in [5, 5.41) is 2.77. The number of hydrogen-bond donors (Lipinski definition) is 1. The van der Waals surface area contributed by atoms with E-state index in [9.17, 15) is 4.79 Å². The van der Waals surface area contributed by atoms with Crippen molar-refractivity contribution in [3.63, 3.8) is 0 Å². The summed E-state index contributed by atoms with van der Waals surface area (Å²) in [6.45, 7) is 1.97. The Bertz CT molecular complexity index is 479. The molecule has 0 radical (unpaired) electrons. The molecule has 1 aromatic carbocycles. The minimum atomic E-state index is -0.587. The van der Waals surface area contributed by atoms with E-state index in [1.165, 1.54) is 21.3 Å². The van der Waals surface area contributed by atoms with Gasteiger partial charge in [0.05, 0.1) is 27.9 Å². The van der Waals surface area contributed by atoms with Crippen molar-refractivity contribution < 1.29 is 23.7 Å². The first-order valence-electron chi connectivity index (χ1n) is 5.85. The van der Waals surface area contributed by atoms with E-state index in [-0.39, 0.29) is 11.6 Å². The van der Waals surface area contributed by atoms with Crippen molar-refractivity contribution in [1.82, 2.24) is 0 Å². The topological polar surface area (TPSA) is 66.0 Å². The number of benzene rings is 1. The van der Waals surface area contributed by atoms with Crippen LogP contribution < -0.4 is 19.5 Å². The van der Waals surface area contributed by atoms with Crippen LogP contribution in [0.5, 0.6) is 17.2 Å². The Labute approximate surface area is 123 Å². The van der Waals surface area contributed by atoms with Crippen molar-refractivity contribution in [2.75, 3.05) is 33.3 Å². The predicted molar refractivity (Wildman–Crippen MR) is 79.0 cm³/mol. The third kappa shape index (κ3) is 3.74. The van der Waals surface area contributed by atoms with Gasteiger partial charge in [0.2, 0.25) is 5.75 Å². The second-order valence-electron chi connectivity index (χ2n) is 3.59. The maximum Gasteiger partial charge on any atom is 0.366 e. The summed E-state index contributed by atoms with van der Waals surface area (Å²) in [4.78, 5) is 11.4. The van der Waals surface area contributed by atoms with E-state index >= 15 is 0 Å². The van der Waals surface area contributed by atoms with Crippen molar-refractivity contribution >= 4 is 28.9 Å². The summed E-state index contributed by atoms with van der Waals surface area (Å²) in [5.41, 5.74) is 0.539. The first-order chi connectivity index (χ1) is 9.57. The highest BCUT2D eigenvalue weighted by Gasteiger charge is 2.16. The van der Waals surface area contributed by atoms with Crippen molar-refractivity contribution in [2.45, 2.75) is 6.92 Å². The molecule has 0 atom stereocenters. The summed E-state index contributed by atoms with van der Waals surface area (Å²) in [7, 11) is 4.52. The minimum Gasteiger partial charge on any atom is -0.493 e. The largest absolute Gasteiger partial charge is 0.493 e. The van der Waals surface area contributed by atoms with E-state index < -0.39 is 5.97 Å². The van der Waals surface area contributed by atoms with E-state index in [0.29, 0.717) is 22.9 Å². The van der Waals surface area contributed by atoms with E-state index in [1.807, 2.05) is 0 Å². The molecule has 0 aliphatic heterocycles. The Morgan fingerprint density at radius 3 is 2.10 bits per heavy atom. The highest BCUT2D eigenvalue weighted by Crippen LogP contribution is 2.39. The molecule has 1 aromatic rings. The minimum absolute atomic E-state index is 0.0406. The van der Waals surface area contributed by atoms with Gasteiger partial charge in [0, 0.05) is 17.8 Å². The molecular formula is C13H17NO5S. The Morgan fingerprint density at radius 1 is 1.15 bits per heavy atom. The number of rotatable bonds is 5. The number of anilines is 1. The number of nitrogens with one attached hydrogen (secondary N) is 1. The van der Waals surface area contributed by atoms with E-state index in [0.717, 1.165) is 0 Å². The average molecular weight is 299 g/mol. The summed E-state index contributed by atoms with van der Waals surface area (Å²) >= 11 is 4.95. The molecule has 0 aromatic heterocycles. The Morgan fingerprint density at radius 2 is 1.70 bits per heavy atom. The molecular weight excluding hydrogens is 282 g/mol. The van der Waals surface area contributed by atoms with Gasteiger partial charge < -0.3 is 24.3 Å². The predicted octanol–water partition coefficient (Wildman–Crippen LogP) is 2.01. The average Bonchev–Trinajstić information content (AvgIpc) is 2.46. The molecule has 1 rings (SSSR count). The van der Waals surface area contributed by atoms with Crippen LogP contribution in [0.4, 0.5) is 5.69 Å². The van der Waals surface area contributed by atoms with Crippen LogP contribution in [0.2, 0.25) is 0 Å². The molecule has 0 saturated heterocycles. The Balaban J connectivity index is 3.02. The molecule has 0 amide bonds. The number of esters is 1. The molecule has 0 aliphatic rings. The van der Waals surface area contributed by atoms with Gasteiger partial charge >= 0.3 is 5.97 Å². The molecule has 0 unspecified atom stereocenters. The summed E-state index contributed by atoms with van der Waals surface area (Å²) < 4.78 is 20.4. The lowest BCUT2D eigenvalue weighted by Crippen LogP contribution is -2.23. The van der Waals surface area contributed by atoms with Gasteiger partial charge in [0.15, 0.2) is 16.5 Å². The number of thiocarbonyl (C=S) groups is 1. The third-order valence-electron chi connectivity index (χ3n) is 2.38. The van der Waals surface area contributed by atoms with E-state index in [4.69, 9.17) is 31.2 Å². The Hall–Kier alpha value is -2.02. The standard InChI is InChI=1S/C13H17NO5S/c1-5-19-13(15)12(20)14-8-6-9(16-2)11(18-4)10(7-8)17-3/h6-7H,5H2,1-4H3,(H,14,20). The smallest absolute Gasteiger partial charge is 0.366 e. The molecule has 0 heterocycles. The summed E-state index contributed by atoms with van der Waals surface area (Å²) in [5.74, 6) is 0.792. The molecule has 110 valence electrons. The molecule has 0 aliphatic carbocycles. The van der Waals surface area contributed by atoms with E-state index in [2.05, 4.69) is 5.32 Å². The maximum atomic E-state index is 11.5. The molecule has 1 N–H and O–H groups in total. The fourth-order valence-electron chi connectivity index (χ4n) is 1.53.